The topological polar surface area (TPSA) is 79.2 Å². The first kappa shape index (κ1) is 21.3. The zero-order valence-corrected chi connectivity index (χ0v) is 18.3. The fourth-order valence-electron chi connectivity index (χ4n) is 6.25. The molecule has 2 aromatic carbocycles. The molecular formula is C26H31NO5. The second kappa shape index (κ2) is 8.41. The molecule has 3 aliphatic rings. The van der Waals surface area contributed by atoms with Crippen LogP contribution in [-0.4, -0.2) is 47.5 Å². The molecule has 0 radical (unpaired) electrons. The highest BCUT2D eigenvalue weighted by Gasteiger charge is 2.61. The minimum Gasteiger partial charge on any atom is -0.479 e. The van der Waals surface area contributed by atoms with Crippen molar-refractivity contribution in [2.24, 2.45) is 11.3 Å². The predicted octanol–water partition coefficient (Wildman–Crippen LogP) is 3.81. The Balaban J connectivity index is 1.33. The fraction of sp³-hybridized carbons (Fsp3) is 0.500. The molecule has 2 aromatic rings. The van der Waals surface area contributed by atoms with Gasteiger partial charge in [-0.05, 0) is 61.4 Å². The van der Waals surface area contributed by atoms with Gasteiger partial charge in [0.15, 0.2) is 17.1 Å². The molecule has 170 valence electrons. The van der Waals surface area contributed by atoms with E-state index in [-0.39, 0.29) is 12.7 Å². The summed E-state index contributed by atoms with van der Waals surface area (Å²) < 4.78 is 10.9. The van der Waals surface area contributed by atoms with E-state index in [2.05, 4.69) is 11.0 Å². The van der Waals surface area contributed by atoms with Crippen molar-refractivity contribution >= 4 is 5.97 Å². The van der Waals surface area contributed by atoms with E-state index in [1.165, 1.54) is 5.56 Å². The smallest absolute Gasteiger partial charge is 0.341 e. The lowest BCUT2D eigenvalue weighted by molar-refractivity contribution is -0.185. The van der Waals surface area contributed by atoms with Crippen LogP contribution in [0.25, 0.3) is 0 Å². The molecule has 1 aliphatic carbocycles. The van der Waals surface area contributed by atoms with Crippen molar-refractivity contribution in [3.05, 3.63) is 59.7 Å². The monoisotopic (exact) mass is 437 g/mol. The molecule has 5 rings (SSSR count). The largest absolute Gasteiger partial charge is 0.479 e. The molecule has 2 fully saturated rings. The highest BCUT2D eigenvalue weighted by atomic mass is 16.7. The van der Waals surface area contributed by atoms with Crippen molar-refractivity contribution in [3.8, 4) is 11.5 Å². The van der Waals surface area contributed by atoms with Gasteiger partial charge in [-0.15, -0.1) is 0 Å². The van der Waals surface area contributed by atoms with Gasteiger partial charge in [0.1, 0.15) is 0 Å². The normalized spacial score (nSPS) is 23.8. The lowest BCUT2D eigenvalue weighted by Gasteiger charge is -2.46. The summed E-state index contributed by atoms with van der Waals surface area (Å²) in [5.74, 6) is 0.639. The number of aliphatic carboxylic acids is 1. The Morgan fingerprint density at radius 1 is 1.09 bits per heavy atom. The lowest BCUT2D eigenvalue weighted by Crippen LogP contribution is -2.54. The lowest BCUT2D eigenvalue weighted by atomic mass is 9.59. The van der Waals surface area contributed by atoms with Crippen LogP contribution in [0.2, 0.25) is 0 Å². The number of nitrogens with zero attached hydrogens (tertiary/aromatic N) is 1. The zero-order chi connectivity index (χ0) is 22.2. The summed E-state index contributed by atoms with van der Waals surface area (Å²) in [6.07, 6.45) is 5.27. The van der Waals surface area contributed by atoms with Crippen molar-refractivity contribution in [2.75, 3.05) is 26.4 Å². The van der Waals surface area contributed by atoms with E-state index < -0.39 is 17.0 Å². The van der Waals surface area contributed by atoms with E-state index in [1.54, 1.807) is 12.1 Å². The summed E-state index contributed by atoms with van der Waals surface area (Å²) in [7, 11) is 0. The number of hydrogen-bond donors (Lipinski definition) is 2. The van der Waals surface area contributed by atoms with E-state index in [1.807, 2.05) is 30.3 Å². The van der Waals surface area contributed by atoms with Gasteiger partial charge in [0.05, 0.1) is 0 Å². The number of carboxylic acid groups (broad SMARTS) is 1. The second-order valence-electron chi connectivity index (χ2n) is 9.47. The van der Waals surface area contributed by atoms with Crippen LogP contribution < -0.4 is 9.47 Å². The van der Waals surface area contributed by atoms with Gasteiger partial charge in [-0.2, -0.15) is 0 Å². The molecule has 6 nitrogen and oxygen atoms in total. The van der Waals surface area contributed by atoms with E-state index in [4.69, 9.17) is 9.47 Å². The molecule has 0 aromatic heterocycles. The molecule has 2 heterocycles. The Hall–Kier alpha value is -2.57. The highest BCUT2D eigenvalue weighted by molar-refractivity contribution is 5.80. The van der Waals surface area contributed by atoms with Gasteiger partial charge in [0.2, 0.25) is 6.79 Å². The molecule has 2 atom stereocenters. The molecule has 2 N–H and O–H groups in total. The minimum atomic E-state index is -1.86. The predicted molar refractivity (Wildman–Crippen MR) is 120 cm³/mol. The third-order valence-corrected chi connectivity index (χ3v) is 7.92. The number of likely N-dealkylation sites (tertiary alicyclic amines) is 1. The van der Waals surface area contributed by atoms with E-state index in [0.29, 0.717) is 5.56 Å². The molecule has 6 heteroatoms. The molecule has 1 saturated carbocycles. The quantitative estimate of drug-likeness (QED) is 0.686. The summed E-state index contributed by atoms with van der Waals surface area (Å²) >= 11 is 0. The van der Waals surface area contributed by atoms with Gasteiger partial charge in [-0.25, -0.2) is 4.79 Å². The number of benzene rings is 2. The Morgan fingerprint density at radius 2 is 1.84 bits per heavy atom. The third kappa shape index (κ3) is 3.46. The molecular weight excluding hydrogens is 406 g/mol. The van der Waals surface area contributed by atoms with Gasteiger partial charge >= 0.3 is 5.97 Å². The number of carbonyl (C=O) groups is 1. The Morgan fingerprint density at radius 3 is 2.59 bits per heavy atom. The van der Waals surface area contributed by atoms with Gasteiger partial charge in [-0.1, -0.05) is 49.2 Å². The van der Waals surface area contributed by atoms with Crippen molar-refractivity contribution in [3.63, 3.8) is 0 Å². The van der Waals surface area contributed by atoms with Gasteiger partial charge < -0.3 is 24.6 Å². The number of carboxylic acids is 1. The van der Waals surface area contributed by atoms with Crippen LogP contribution >= 0.6 is 0 Å². The van der Waals surface area contributed by atoms with Gasteiger partial charge in [-0.3, -0.25) is 0 Å². The summed E-state index contributed by atoms with van der Waals surface area (Å²) in [4.78, 5) is 15.0. The minimum absolute atomic E-state index is 0.156. The molecule has 32 heavy (non-hydrogen) atoms. The van der Waals surface area contributed by atoms with Crippen LogP contribution in [-0.2, 0) is 16.8 Å². The first-order valence-electron chi connectivity index (χ1n) is 11.7. The highest BCUT2D eigenvalue weighted by Crippen LogP contribution is 2.58. The van der Waals surface area contributed by atoms with Crippen LogP contribution in [0.4, 0.5) is 0 Å². The summed E-state index contributed by atoms with van der Waals surface area (Å²) in [6.45, 7) is 2.94. The Labute approximate surface area is 188 Å². The summed E-state index contributed by atoms with van der Waals surface area (Å²) in [6, 6.07) is 15.1. The number of hydrogen-bond acceptors (Lipinski definition) is 5. The maximum Gasteiger partial charge on any atom is 0.341 e. The van der Waals surface area contributed by atoms with Crippen LogP contribution in [0.3, 0.4) is 0 Å². The molecule has 0 spiro atoms. The van der Waals surface area contributed by atoms with Crippen LogP contribution in [0.15, 0.2) is 48.5 Å². The zero-order valence-electron chi connectivity index (χ0n) is 18.3. The van der Waals surface area contributed by atoms with E-state index >= 15 is 0 Å². The average Bonchev–Trinajstić information content (AvgIpc) is 3.58. The standard InChI is InChI=1S/C26H31NO5/c28-24(29)26(30,20-6-2-1-3-7-20)25(12-4-5-13-25)21-11-15-27(17-21)14-10-19-8-9-22-23(16-19)32-18-31-22/h1-3,6-9,16,21,30H,4-5,10-15,17-18H2,(H,28,29)/t21-,26?/m1/s1. The first-order valence-corrected chi connectivity index (χ1v) is 11.7. The fourth-order valence-corrected chi connectivity index (χ4v) is 6.25. The van der Waals surface area contributed by atoms with E-state index in [9.17, 15) is 15.0 Å². The molecule has 1 saturated heterocycles. The maximum atomic E-state index is 12.6. The second-order valence-corrected chi connectivity index (χ2v) is 9.47. The van der Waals surface area contributed by atoms with Crippen molar-refractivity contribution in [1.82, 2.24) is 4.90 Å². The van der Waals surface area contributed by atoms with Crippen LogP contribution in [0.1, 0.15) is 43.2 Å². The SMILES string of the molecule is O=C(O)C(O)(c1ccccc1)C1([C@@H]2CCN(CCc3ccc4c(c3)OCO4)C2)CCCC1. The van der Waals surface area contributed by atoms with E-state index in [0.717, 1.165) is 69.7 Å². The molecule has 1 unspecified atom stereocenters. The van der Waals surface area contributed by atoms with Gasteiger partial charge in [0, 0.05) is 18.5 Å². The number of rotatable bonds is 7. The third-order valence-electron chi connectivity index (χ3n) is 7.92. The molecule has 2 aliphatic heterocycles. The summed E-state index contributed by atoms with van der Waals surface area (Å²) in [5, 5.41) is 22.1. The van der Waals surface area contributed by atoms with Gasteiger partial charge in [0.25, 0.3) is 0 Å². The van der Waals surface area contributed by atoms with Crippen LogP contribution in [0.5, 0.6) is 11.5 Å². The van der Waals surface area contributed by atoms with Crippen LogP contribution in [0, 0.1) is 11.3 Å². The van der Waals surface area contributed by atoms with Crippen molar-refractivity contribution in [1.29, 1.82) is 0 Å². The Kier molecular flexibility index (Phi) is 5.59. The first-order chi connectivity index (χ1) is 15.5. The number of ether oxygens (including phenoxy) is 2. The number of aliphatic hydroxyl groups is 1. The van der Waals surface area contributed by atoms with Crippen molar-refractivity contribution in [2.45, 2.75) is 44.1 Å². The number of fused-ring (bicyclic) bond motifs is 1. The maximum absolute atomic E-state index is 12.6. The van der Waals surface area contributed by atoms with Crippen molar-refractivity contribution < 1.29 is 24.5 Å². The average molecular weight is 438 g/mol. The Bertz CT molecular complexity index is 971. The molecule has 0 bridgehead atoms. The summed E-state index contributed by atoms with van der Waals surface area (Å²) in [5.41, 5.74) is -0.774. The molecule has 0 amide bonds.